The molecule has 0 atom stereocenters. The number of anilines is 1. The summed E-state index contributed by atoms with van der Waals surface area (Å²) in [5.41, 5.74) is 0.194. The van der Waals surface area contributed by atoms with Gasteiger partial charge < -0.3 is 14.8 Å². The maximum atomic E-state index is 11.8. The Morgan fingerprint density at radius 2 is 1.72 bits per heavy atom. The second-order valence-corrected chi connectivity index (χ2v) is 6.87. The van der Waals surface area contributed by atoms with Gasteiger partial charge in [0, 0.05) is 9.50 Å². The van der Waals surface area contributed by atoms with Gasteiger partial charge in [-0.1, -0.05) is 56.8 Å². The Bertz CT molecular complexity index is 778. The van der Waals surface area contributed by atoms with Crippen molar-refractivity contribution in [3.8, 4) is 5.75 Å². The summed E-state index contributed by atoms with van der Waals surface area (Å²) in [6.07, 6.45) is 0. The third-order valence-corrected chi connectivity index (χ3v) is 4.10. The van der Waals surface area contributed by atoms with Crippen LogP contribution < -0.4 is 10.1 Å². The first-order chi connectivity index (χ1) is 11.8. The SMILES string of the molecule is O=C(COC(=O)COc1cccc(Br)c1)Nc1c(Cl)cc(Cl)cc1Cl. The van der Waals surface area contributed by atoms with Gasteiger partial charge in [-0.15, -0.1) is 0 Å². The second kappa shape index (κ2) is 9.29. The van der Waals surface area contributed by atoms with E-state index >= 15 is 0 Å². The average Bonchev–Trinajstić information content (AvgIpc) is 2.54. The normalized spacial score (nSPS) is 10.2. The molecule has 0 aliphatic rings. The Balaban J connectivity index is 1.81. The fourth-order valence-electron chi connectivity index (χ4n) is 1.72. The van der Waals surface area contributed by atoms with Crippen LogP contribution in [0.25, 0.3) is 0 Å². The van der Waals surface area contributed by atoms with E-state index in [4.69, 9.17) is 44.3 Å². The van der Waals surface area contributed by atoms with Gasteiger partial charge >= 0.3 is 5.97 Å². The summed E-state index contributed by atoms with van der Waals surface area (Å²) in [7, 11) is 0. The molecule has 0 saturated heterocycles. The predicted octanol–water partition coefficient (Wildman–Crippen LogP) is 4.97. The number of hydrogen-bond acceptors (Lipinski definition) is 4. The van der Waals surface area contributed by atoms with Crippen LogP contribution in [-0.2, 0) is 14.3 Å². The first kappa shape index (κ1) is 19.8. The maximum absolute atomic E-state index is 11.8. The van der Waals surface area contributed by atoms with E-state index in [2.05, 4.69) is 21.2 Å². The van der Waals surface area contributed by atoms with Crippen molar-refractivity contribution >= 4 is 68.3 Å². The number of nitrogens with one attached hydrogen (secondary N) is 1. The predicted molar refractivity (Wildman–Crippen MR) is 101 cm³/mol. The number of halogens is 4. The van der Waals surface area contributed by atoms with E-state index in [1.807, 2.05) is 6.07 Å². The number of carbonyl (C=O) groups excluding carboxylic acids is 2. The third kappa shape index (κ3) is 6.40. The van der Waals surface area contributed by atoms with Crippen LogP contribution in [0.5, 0.6) is 5.75 Å². The van der Waals surface area contributed by atoms with Crippen molar-refractivity contribution in [3.63, 3.8) is 0 Å². The molecule has 0 bridgehead atoms. The third-order valence-electron chi connectivity index (χ3n) is 2.79. The molecule has 0 saturated carbocycles. The molecule has 1 amide bonds. The molecule has 2 rings (SSSR count). The molecular formula is C16H11BrCl3NO4. The molecule has 1 N–H and O–H groups in total. The lowest BCUT2D eigenvalue weighted by molar-refractivity contribution is -0.149. The minimum atomic E-state index is -0.691. The highest BCUT2D eigenvalue weighted by Gasteiger charge is 2.13. The van der Waals surface area contributed by atoms with Crippen molar-refractivity contribution in [3.05, 3.63) is 55.9 Å². The summed E-state index contributed by atoms with van der Waals surface area (Å²) in [5, 5.41) is 3.15. The Morgan fingerprint density at radius 1 is 1.04 bits per heavy atom. The molecule has 2 aromatic carbocycles. The van der Waals surface area contributed by atoms with Gasteiger partial charge in [-0.05, 0) is 30.3 Å². The highest BCUT2D eigenvalue weighted by atomic mass is 79.9. The van der Waals surface area contributed by atoms with E-state index < -0.39 is 18.5 Å². The van der Waals surface area contributed by atoms with E-state index in [1.54, 1.807) is 18.2 Å². The lowest BCUT2D eigenvalue weighted by atomic mass is 10.3. The average molecular weight is 468 g/mol. The van der Waals surface area contributed by atoms with Crippen LogP contribution in [0.2, 0.25) is 15.1 Å². The molecule has 25 heavy (non-hydrogen) atoms. The van der Waals surface area contributed by atoms with Gasteiger partial charge in [0.05, 0.1) is 15.7 Å². The van der Waals surface area contributed by atoms with E-state index in [-0.39, 0.29) is 22.3 Å². The molecule has 9 heteroatoms. The molecule has 0 unspecified atom stereocenters. The molecule has 0 spiro atoms. The maximum Gasteiger partial charge on any atom is 0.344 e. The summed E-state index contributed by atoms with van der Waals surface area (Å²) < 4.78 is 10.9. The highest BCUT2D eigenvalue weighted by molar-refractivity contribution is 9.10. The van der Waals surface area contributed by atoms with Gasteiger partial charge in [-0.25, -0.2) is 4.79 Å². The van der Waals surface area contributed by atoms with Crippen LogP contribution in [-0.4, -0.2) is 25.1 Å². The van der Waals surface area contributed by atoms with Crippen LogP contribution in [0.15, 0.2) is 40.9 Å². The molecule has 0 heterocycles. The van der Waals surface area contributed by atoms with Gasteiger partial charge in [-0.2, -0.15) is 0 Å². The van der Waals surface area contributed by atoms with Crippen molar-refractivity contribution in [2.45, 2.75) is 0 Å². The minimum absolute atomic E-state index is 0.176. The van der Waals surface area contributed by atoms with E-state index in [1.165, 1.54) is 12.1 Å². The van der Waals surface area contributed by atoms with Crippen LogP contribution in [0.4, 0.5) is 5.69 Å². The van der Waals surface area contributed by atoms with Crippen LogP contribution in [0, 0.1) is 0 Å². The first-order valence-electron chi connectivity index (χ1n) is 6.83. The zero-order valence-electron chi connectivity index (χ0n) is 12.5. The van der Waals surface area contributed by atoms with Gasteiger partial charge in [0.2, 0.25) is 0 Å². The van der Waals surface area contributed by atoms with Crippen LogP contribution in [0.1, 0.15) is 0 Å². The molecule has 0 radical (unpaired) electrons. The number of carbonyl (C=O) groups is 2. The Morgan fingerprint density at radius 3 is 2.36 bits per heavy atom. The summed E-state index contributed by atoms with van der Waals surface area (Å²) >= 11 is 21.0. The largest absolute Gasteiger partial charge is 0.482 e. The quantitative estimate of drug-likeness (QED) is 0.610. The van der Waals surface area contributed by atoms with Crippen molar-refractivity contribution < 1.29 is 19.1 Å². The minimum Gasteiger partial charge on any atom is -0.482 e. The number of esters is 1. The first-order valence-corrected chi connectivity index (χ1v) is 8.76. The zero-order chi connectivity index (χ0) is 18.4. The van der Waals surface area contributed by atoms with E-state index in [9.17, 15) is 9.59 Å². The lowest BCUT2D eigenvalue weighted by Crippen LogP contribution is -2.24. The van der Waals surface area contributed by atoms with Gasteiger partial charge in [-0.3, -0.25) is 4.79 Å². The van der Waals surface area contributed by atoms with Gasteiger partial charge in [0.25, 0.3) is 5.91 Å². The molecule has 0 aromatic heterocycles. The molecule has 0 aliphatic heterocycles. The van der Waals surface area contributed by atoms with E-state index in [0.717, 1.165) is 4.47 Å². The monoisotopic (exact) mass is 465 g/mol. The fourth-order valence-corrected chi connectivity index (χ4v) is 3.01. The summed E-state index contributed by atoms with van der Waals surface area (Å²) in [6.45, 7) is -0.831. The lowest BCUT2D eigenvalue weighted by Gasteiger charge is -2.10. The number of amides is 1. The number of ether oxygens (including phenoxy) is 2. The van der Waals surface area contributed by atoms with Crippen molar-refractivity contribution in [2.75, 3.05) is 18.5 Å². The highest BCUT2D eigenvalue weighted by Crippen LogP contribution is 2.33. The summed E-state index contributed by atoms with van der Waals surface area (Å²) in [4.78, 5) is 23.5. The molecule has 0 fully saturated rings. The summed E-state index contributed by atoms with van der Waals surface area (Å²) in [6, 6.07) is 9.84. The number of rotatable bonds is 6. The Labute approximate surface area is 167 Å². The molecule has 0 aliphatic carbocycles. The van der Waals surface area contributed by atoms with Crippen molar-refractivity contribution in [1.82, 2.24) is 0 Å². The standard InChI is InChI=1S/C16H11BrCl3NO4/c17-9-2-1-3-11(4-9)24-8-15(23)25-7-14(22)21-16-12(19)5-10(18)6-13(16)20/h1-6H,7-8H2,(H,21,22). The Kier molecular flexibility index (Phi) is 7.38. The van der Waals surface area contributed by atoms with Crippen LogP contribution >= 0.6 is 50.7 Å². The zero-order valence-corrected chi connectivity index (χ0v) is 16.4. The Hall–Kier alpha value is -1.47. The number of hydrogen-bond donors (Lipinski definition) is 1. The van der Waals surface area contributed by atoms with Gasteiger partial charge in [0.15, 0.2) is 13.2 Å². The van der Waals surface area contributed by atoms with Crippen molar-refractivity contribution in [1.29, 1.82) is 0 Å². The molecule has 132 valence electrons. The molecule has 2 aromatic rings. The summed E-state index contributed by atoms with van der Waals surface area (Å²) in [5.74, 6) is -0.791. The van der Waals surface area contributed by atoms with E-state index in [0.29, 0.717) is 10.8 Å². The molecular weight excluding hydrogens is 456 g/mol. The molecule has 5 nitrogen and oxygen atoms in total. The van der Waals surface area contributed by atoms with Crippen LogP contribution in [0.3, 0.4) is 0 Å². The fraction of sp³-hybridized carbons (Fsp3) is 0.125. The topological polar surface area (TPSA) is 64.6 Å². The van der Waals surface area contributed by atoms with Gasteiger partial charge in [0.1, 0.15) is 5.75 Å². The number of benzene rings is 2. The van der Waals surface area contributed by atoms with Crippen molar-refractivity contribution in [2.24, 2.45) is 0 Å². The second-order valence-electron chi connectivity index (χ2n) is 4.70. The smallest absolute Gasteiger partial charge is 0.344 e.